The summed E-state index contributed by atoms with van der Waals surface area (Å²) in [6.07, 6.45) is 5.73. The zero-order valence-electron chi connectivity index (χ0n) is 8.08. The third-order valence-electron chi connectivity index (χ3n) is 3.51. The lowest BCUT2D eigenvalue weighted by Gasteiger charge is -2.26. The smallest absolute Gasteiger partial charge is 0.252 e. The zero-order chi connectivity index (χ0) is 10.0. The first-order chi connectivity index (χ1) is 7.29. The zero-order valence-corrected chi connectivity index (χ0v) is 8.08. The first-order valence-electron chi connectivity index (χ1n) is 5.13. The van der Waals surface area contributed by atoms with Crippen LogP contribution in [0.4, 0.5) is 5.69 Å². The topological polar surface area (TPSA) is 60.5 Å². The third kappa shape index (κ3) is 0.751. The van der Waals surface area contributed by atoms with Crippen LogP contribution >= 0.6 is 0 Å². The predicted molar refractivity (Wildman–Crippen MR) is 53.5 cm³/mol. The highest BCUT2D eigenvalue weighted by molar-refractivity contribution is 6.11. The Balaban J connectivity index is 1.86. The van der Waals surface area contributed by atoms with Crippen molar-refractivity contribution in [3.63, 3.8) is 0 Å². The number of guanidine groups is 1. The highest BCUT2D eigenvalue weighted by Crippen LogP contribution is 2.47. The number of hydrogen-bond acceptors (Lipinski definition) is 3. The van der Waals surface area contributed by atoms with Gasteiger partial charge in [0.05, 0.1) is 12.2 Å². The van der Waals surface area contributed by atoms with Crippen molar-refractivity contribution in [2.45, 2.75) is 24.9 Å². The number of aromatic nitrogens is 1. The molecule has 1 aliphatic carbocycles. The third-order valence-corrected chi connectivity index (χ3v) is 3.51. The van der Waals surface area contributed by atoms with Crippen LogP contribution in [0.25, 0.3) is 0 Å². The quantitative estimate of drug-likeness (QED) is 0.642. The minimum absolute atomic E-state index is 0.121. The Hall–Kier alpha value is -1.78. The molecule has 0 atom stereocenters. The Bertz CT molecular complexity index is 497. The van der Waals surface area contributed by atoms with E-state index in [0.29, 0.717) is 0 Å². The molecule has 5 heteroatoms. The summed E-state index contributed by atoms with van der Waals surface area (Å²) in [6.45, 7) is 0.788. The fourth-order valence-corrected chi connectivity index (χ4v) is 2.44. The van der Waals surface area contributed by atoms with Gasteiger partial charge in [-0.2, -0.15) is 0 Å². The van der Waals surface area contributed by atoms with Gasteiger partial charge in [0.15, 0.2) is 0 Å². The van der Waals surface area contributed by atoms with Gasteiger partial charge in [-0.1, -0.05) is 0 Å². The second-order valence-corrected chi connectivity index (χ2v) is 4.37. The molecule has 2 fully saturated rings. The maximum atomic E-state index is 11.8. The standard InChI is InChI=1S/C10H10N4O/c15-8-10(1-2-10)14-5-6-3-11-4-7(6)12-9(14)13-8/h3-4,11H,1-2,5H2,(H,12,13,15). The molecule has 0 unspecified atom stereocenters. The lowest BCUT2D eigenvalue weighted by molar-refractivity contribution is -0.122. The predicted octanol–water partition coefficient (Wildman–Crippen LogP) is 0.480. The molecular formula is C10H10N4O. The summed E-state index contributed by atoms with van der Waals surface area (Å²) in [4.78, 5) is 21.3. The summed E-state index contributed by atoms with van der Waals surface area (Å²) in [5.74, 6) is 0.847. The van der Waals surface area contributed by atoms with Gasteiger partial charge in [0.2, 0.25) is 5.96 Å². The lowest BCUT2D eigenvalue weighted by Crippen LogP contribution is -2.38. The number of aliphatic imine (C=N–C) groups is 1. The van der Waals surface area contributed by atoms with E-state index in [9.17, 15) is 4.79 Å². The van der Waals surface area contributed by atoms with Crippen molar-refractivity contribution in [1.29, 1.82) is 0 Å². The average molecular weight is 202 g/mol. The van der Waals surface area contributed by atoms with E-state index >= 15 is 0 Å². The van der Waals surface area contributed by atoms with E-state index in [4.69, 9.17) is 0 Å². The molecule has 1 spiro atoms. The van der Waals surface area contributed by atoms with Gasteiger partial charge in [0, 0.05) is 18.0 Å². The minimum Gasteiger partial charge on any atom is -0.365 e. The van der Waals surface area contributed by atoms with Crippen molar-refractivity contribution in [3.8, 4) is 0 Å². The van der Waals surface area contributed by atoms with Crippen molar-refractivity contribution < 1.29 is 4.79 Å². The van der Waals surface area contributed by atoms with E-state index in [-0.39, 0.29) is 11.4 Å². The molecule has 0 bridgehead atoms. The van der Waals surface area contributed by atoms with Crippen molar-refractivity contribution >= 4 is 17.6 Å². The van der Waals surface area contributed by atoms with Gasteiger partial charge < -0.3 is 9.88 Å². The molecule has 76 valence electrons. The Kier molecular flexibility index (Phi) is 1.04. The molecule has 15 heavy (non-hydrogen) atoms. The van der Waals surface area contributed by atoms with Crippen molar-refractivity contribution in [3.05, 3.63) is 18.0 Å². The van der Waals surface area contributed by atoms with Crippen LogP contribution in [0.15, 0.2) is 17.4 Å². The molecule has 1 aromatic heterocycles. The molecule has 2 N–H and O–H groups in total. The highest BCUT2D eigenvalue weighted by atomic mass is 16.2. The Morgan fingerprint density at radius 1 is 1.40 bits per heavy atom. The molecule has 2 aliphatic heterocycles. The molecule has 5 nitrogen and oxygen atoms in total. The van der Waals surface area contributed by atoms with E-state index in [0.717, 1.165) is 31.0 Å². The molecule has 3 aliphatic rings. The van der Waals surface area contributed by atoms with Crippen LogP contribution in [0.1, 0.15) is 18.4 Å². The van der Waals surface area contributed by atoms with Crippen LogP contribution in [-0.4, -0.2) is 27.3 Å². The fraction of sp³-hybridized carbons (Fsp3) is 0.400. The van der Waals surface area contributed by atoms with Gasteiger partial charge in [-0.05, 0) is 12.8 Å². The molecule has 1 amide bonds. The summed E-state index contributed by atoms with van der Waals surface area (Å²) in [6, 6.07) is 0. The Morgan fingerprint density at radius 2 is 2.27 bits per heavy atom. The van der Waals surface area contributed by atoms with Crippen molar-refractivity contribution in [1.82, 2.24) is 15.2 Å². The number of carbonyl (C=O) groups is 1. The fourth-order valence-electron chi connectivity index (χ4n) is 2.44. The van der Waals surface area contributed by atoms with Crippen molar-refractivity contribution in [2.24, 2.45) is 4.99 Å². The van der Waals surface area contributed by atoms with Gasteiger partial charge in [0.1, 0.15) is 5.54 Å². The molecule has 3 heterocycles. The molecule has 1 aromatic rings. The van der Waals surface area contributed by atoms with Gasteiger partial charge >= 0.3 is 0 Å². The summed E-state index contributed by atoms with van der Waals surface area (Å²) >= 11 is 0. The van der Waals surface area contributed by atoms with E-state index in [1.165, 1.54) is 5.56 Å². The number of nitrogens with one attached hydrogen (secondary N) is 2. The number of carbonyl (C=O) groups excluding carboxylic acids is 1. The lowest BCUT2D eigenvalue weighted by atomic mass is 10.2. The summed E-state index contributed by atoms with van der Waals surface area (Å²) in [7, 11) is 0. The number of amides is 1. The molecular weight excluding hydrogens is 192 g/mol. The summed E-state index contributed by atoms with van der Waals surface area (Å²) in [5.41, 5.74) is 1.86. The first kappa shape index (κ1) is 7.50. The molecule has 1 saturated carbocycles. The van der Waals surface area contributed by atoms with Crippen LogP contribution in [0.5, 0.6) is 0 Å². The molecule has 0 aromatic carbocycles. The van der Waals surface area contributed by atoms with Gasteiger partial charge in [-0.3, -0.25) is 10.1 Å². The monoisotopic (exact) mass is 202 g/mol. The second kappa shape index (κ2) is 2.08. The van der Waals surface area contributed by atoms with Gasteiger partial charge in [0.25, 0.3) is 5.91 Å². The van der Waals surface area contributed by atoms with Gasteiger partial charge in [-0.25, -0.2) is 4.99 Å². The molecule has 4 rings (SSSR count). The Morgan fingerprint density at radius 3 is 3.07 bits per heavy atom. The number of aromatic amines is 1. The summed E-state index contributed by atoms with van der Waals surface area (Å²) in [5, 5.41) is 2.86. The summed E-state index contributed by atoms with van der Waals surface area (Å²) < 4.78 is 0. The number of hydrogen-bond donors (Lipinski definition) is 2. The van der Waals surface area contributed by atoms with Gasteiger partial charge in [-0.15, -0.1) is 0 Å². The first-order valence-corrected chi connectivity index (χ1v) is 5.13. The van der Waals surface area contributed by atoms with Crippen LogP contribution in [0, 0.1) is 0 Å². The van der Waals surface area contributed by atoms with E-state index in [2.05, 4.69) is 20.2 Å². The SMILES string of the molecule is O=C1NC2=Nc3c[nH]cc3CN2C12CC2. The van der Waals surface area contributed by atoms with Crippen molar-refractivity contribution in [2.75, 3.05) is 0 Å². The number of rotatable bonds is 0. The van der Waals surface area contributed by atoms with E-state index < -0.39 is 0 Å². The number of fused-ring (bicyclic) bond motifs is 3. The normalized spacial score (nSPS) is 24.7. The van der Waals surface area contributed by atoms with Crippen LogP contribution in [0.2, 0.25) is 0 Å². The molecule has 1 saturated heterocycles. The highest BCUT2D eigenvalue weighted by Gasteiger charge is 2.61. The van der Waals surface area contributed by atoms with E-state index in [1.807, 2.05) is 12.4 Å². The molecule has 0 radical (unpaired) electrons. The second-order valence-electron chi connectivity index (χ2n) is 4.37. The van der Waals surface area contributed by atoms with Crippen LogP contribution < -0.4 is 5.32 Å². The van der Waals surface area contributed by atoms with E-state index in [1.54, 1.807) is 0 Å². The van der Waals surface area contributed by atoms with Crippen LogP contribution in [-0.2, 0) is 11.3 Å². The maximum Gasteiger partial charge on any atom is 0.252 e. The Labute approximate surface area is 86.2 Å². The minimum atomic E-state index is -0.256. The largest absolute Gasteiger partial charge is 0.365 e. The number of H-pyrrole nitrogens is 1. The average Bonchev–Trinajstić information content (AvgIpc) is 2.83. The van der Waals surface area contributed by atoms with Crippen LogP contribution in [0.3, 0.4) is 0 Å². The number of nitrogens with zero attached hydrogens (tertiary/aromatic N) is 2. The maximum absolute atomic E-state index is 11.8.